The summed E-state index contributed by atoms with van der Waals surface area (Å²) >= 11 is 0. The molecule has 0 bridgehead atoms. The highest BCUT2D eigenvalue weighted by Gasteiger charge is 2.20. The summed E-state index contributed by atoms with van der Waals surface area (Å²) in [6.07, 6.45) is 5.88. The van der Waals surface area contributed by atoms with E-state index < -0.39 is 0 Å². The molecule has 1 aliphatic carbocycles. The number of carbonyl (C=O) groups is 1. The van der Waals surface area contributed by atoms with Gasteiger partial charge in [0.05, 0.1) is 0 Å². The zero-order chi connectivity index (χ0) is 16.3. The summed E-state index contributed by atoms with van der Waals surface area (Å²) in [5, 5.41) is 9.54. The zero-order valence-electron chi connectivity index (χ0n) is 13.4. The SMILES string of the molecule is CC(=O)C1=C(N)CC(C/C=C(\C)c2cccc(O)c2)C=C1C. The normalized spacial score (nSPS) is 19.1. The van der Waals surface area contributed by atoms with Crippen LogP contribution in [0.25, 0.3) is 5.57 Å². The highest BCUT2D eigenvalue weighted by Crippen LogP contribution is 2.30. The Morgan fingerprint density at radius 1 is 1.41 bits per heavy atom. The fourth-order valence-corrected chi connectivity index (χ4v) is 2.99. The van der Waals surface area contributed by atoms with Crippen LogP contribution in [0.2, 0.25) is 0 Å². The average Bonchev–Trinajstić information content (AvgIpc) is 2.43. The summed E-state index contributed by atoms with van der Waals surface area (Å²) in [5.74, 6) is 0.628. The fourth-order valence-electron chi connectivity index (χ4n) is 2.99. The zero-order valence-corrected chi connectivity index (χ0v) is 13.4. The van der Waals surface area contributed by atoms with Crippen molar-refractivity contribution in [3.63, 3.8) is 0 Å². The Morgan fingerprint density at radius 2 is 2.14 bits per heavy atom. The summed E-state index contributed by atoms with van der Waals surface area (Å²) in [4.78, 5) is 11.6. The second kappa shape index (κ2) is 6.65. The fraction of sp³-hybridized carbons (Fsp3) is 0.316. The van der Waals surface area contributed by atoms with Gasteiger partial charge >= 0.3 is 0 Å². The number of Topliss-reactive ketones (excluding diaryl/α,β-unsaturated/α-hetero) is 1. The number of rotatable bonds is 4. The third-order valence-corrected chi connectivity index (χ3v) is 4.06. The van der Waals surface area contributed by atoms with E-state index in [-0.39, 0.29) is 11.5 Å². The van der Waals surface area contributed by atoms with Gasteiger partial charge in [-0.3, -0.25) is 4.79 Å². The number of ketones is 1. The van der Waals surface area contributed by atoms with Gasteiger partial charge < -0.3 is 10.8 Å². The Balaban J connectivity index is 2.10. The van der Waals surface area contributed by atoms with Crippen LogP contribution in [0, 0.1) is 5.92 Å². The summed E-state index contributed by atoms with van der Waals surface area (Å²) in [7, 11) is 0. The van der Waals surface area contributed by atoms with Gasteiger partial charge in [0.1, 0.15) is 5.75 Å². The molecule has 0 radical (unpaired) electrons. The molecule has 0 aromatic heterocycles. The smallest absolute Gasteiger partial charge is 0.161 e. The van der Waals surface area contributed by atoms with Gasteiger partial charge in [0, 0.05) is 11.3 Å². The molecule has 0 aliphatic heterocycles. The summed E-state index contributed by atoms with van der Waals surface area (Å²) in [6.45, 7) is 5.54. The highest BCUT2D eigenvalue weighted by atomic mass is 16.3. The Hall–Kier alpha value is -2.29. The monoisotopic (exact) mass is 297 g/mol. The van der Waals surface area contributed by atoms with Crippen LogP contribution < -0.4 is 5.73 Å². The maximum atomic E-state index is 11.6. The average molecular weight is 297 g/mol. The van der Waals surface area contributed by atoms with Gasteiger partial charge in [-0.05, 0) is 68.4 Å². The van der Waals surface area contributed by atoms with Crippen LogP contribution in [0.4, 0.5) is 0 Å². The summed E-state index contributed by atoms with van der Waals surface area (Å²) in [5.41, 5.74) is 10.6. The van der Waals surface area contributed by atoms with Crippen molar-refractivity contribution in [1.29, 1.82) is 0 Å². The predicted molar refractivity (Wildman–Crippen MR) is 90.1 cm³/mol. The number of aromatic hydroxyl groups is 1. The van der Waals surface area contributed by atoms with Crippen LogP contribution in [0.1, 0.15) is 39.2 Å². The van der Waals surface area contributed by atoms with Gasteiger partial charge in [-0.25, -0.2) is 0 Å². The van der Waals surface area contributed by atoms with Crippen molar-refractivity contribution in [3.8, 4) is 5.75 Å². The Kier molecular flexibility index (Phi) is 4.86. The molecule has 0 saturated carbocycles. The van der Waals surface area contributed by atoms with Crippen LogP contribution >= 0.6 is 0 Å². The maximum Gasteiger partial charge on any atom is 0.161 e. The van der Waals surface area contributed by atoms with Crippen molar-refractivity contribution in [2.24, 2.45) is 11.7 Å². The van der Waals surface area contributed by atoms with Crippen LogP contribution in [-0.2, 0) is 4.79 Å². The van der Waals surface area contributed by atoms with E-state index >= 15 is 0 Å². The summed E-state index contributed by atoms with van der Waals surface area (Å²) in [6, 6.07) is 7.25. The molecule has 0 fully saturated rings. The first-order valence-corrected chi connectivity index (χ1v) is 7.53. The van der Waals surface area contributed by atoms with Gasteiger partial charge in [0.15, 0.2) is 5.78 Å². The van der Waals surface area contributed by atoms with Crippen molar-refractivity contribution in [1.82, 2.24) is 0 Å². The van der Waals surface area contributed by atoms with Crippen molar-refractivity contribution < 1.29 is 9.90 Å². The van der Waals surface area contributed by atoms with E-state index in [0.717, 1.165) is 29.6 Å². The molecule has 0 spiro atoms. The molecular formula is C19H23NO2. The highest BCUT2D eigenvalue weighted by molar-refractivity contribution is 5.98. The lowest BCUT2D eigenvalue weighted by Gasteiger charge is -2.21. The van der Waals surface area contributed by atoms with Gasteiger partial charge in [0.2, 0.25) is 0 Å². The lowest BCUT2D eigenvalue weighted by molar-refractivity contribution is -0.113. The number of carbonyl (C=O) groups excluding carboxylic acids is 1. The van der Waals surface area contributed by atoms with Crippen LogP contribution in [-0.4, -0.2) is 10.9 Å². The summed E-state index contributed by atoms with van der Waals surface area (Å²) < 4.78 is 0. The third kappa shape index (κ3) is 3.67. The van der Waals surface area contributed by atoms with Crippen molar-refractivity contribution in [2.45, 2.75) is 33.6 Å². The number of phenols is 1. The minimum Gasteiger partial charge on any atom is -0.508 e. The first-order valence-electron chi connectivity index (χ1n) is 7.53. The molecule has 1 atom stereocenters. The lowest BCUT2D eigenvalue weighted by atomic mass is 9.85. The minimum absolute atomic E-state index is 0.0381. The van der Waals surface area contributed by atoms with E-state index in [1.165, 1.54) is 0 Å². The molecule has 1 aromatic rings. The second-order valence-corrected chi connectivity index (χ2v) is 5.94. The first-order chi connectivity index (χ1) is 10.4. The third-order valence-electron chi connectivity index (χ3n) is 4.06. The molecule has 1 aromatic carbocycles. The van der Waals surface area contributed by atoms with Gasteiger partial charge in [-0.1, -0.05) is 24.3 Å². The molecule has 2 rings (SSSR count). The first kappa shape index (κ1) is 16.1. The molecule has 3 N–H and O–H groups in total. The van der Waals surface area contributed by atoms with E-state index in [2.05, 4.69) is 12.2 Å². The molecule has 3 heteroatoms. The van der Waals surface area contributed by atoms with Crippen LogP contribution in [0.15, 0.2) is 53.3 Å². The number of nitrogens with two attached hydrogens (primary N) is 1. The Bertz CT molecular complexity index is 680. The molecule has 0 heterocycles. The number of allylic oxidation sites excluding steroid dienone is 6. The van der Waals surface area contributed by atoms with Gasteiger partial charge in [-0.2, -0.15) is 0 Å². The molecule has 1 unspecified atom stereocenters. The number of hydrogen-bond donors (Lipinski definition) is 2. The minimum atomic E-state index is 0.0381. The number of phenolic OH excluding ortho intramolecular Hbond substituents is 1. The maximum absolute atomic E-state index is 11.6. The predicted octanol–water partition coefficient (Wildman–Crippen LogP) is 3.95. The Morgan fingerprint density at radius 3 is 2.73 bits per heavy atom. The van der Waals surface area contributed by atoms with Gasteiger partial charge in [-0.15, -0.1) is 0 Å². The van der Waals surface area contributed by atoms with Crippen LogP contribution in [0.5, 0.6) is 5.75 Å². The largest absolute Gasteiger partial charge is 0.508 e. The van der Waals surface area contributed by atoms with E-state index in [1.54, 1.807) is 19.1 Å². The molecule has 22 heavy (non-hydrogen) atoms. The Labute approximate surface area is 131 Å². The topological polar surface area (TPSA) is 63.3 Å². The van der Waals surface area contributed by atoms with E-state index in [4.69, 9.17) is 5.73 Å². The molecular weight excluding hydrogens is 274 g/mol. The standard InChI is InChI=1S/C19H23NO2/c1-12(16-5-4-6-17(22)11-16)7-8-15-9-13(2)19(14(3)21)18(20)10-15/h4-7,9,11,15,22H,8,10,20H2,1-3H3/b12-7+. The van der Waals surface area contributed by atoms with Crippen molar-refractivity contribution >= 4 is 11.4 Å². The van der Waals surface area contributed by atoms with Gasteiger partial charge in [0.25, 0.3) is 0 Å². The van der Waals surface area contributed by atoms with Crippen molar-refractivity contribution in [3.05, 3.63) is 58.8 Å². The van der Waals surface area contributed by atoms with Crippen LogP contribution in [0.3, 0.4) is 0 Å². The molecule has 3 nitrogen and oxygen atoms in total. The molecule has 116 valence electrons. The number of hydrogen-bond acceptors (Lipinski definition) is 3. The quantitative estimate of drug-likeness (QED) is 0.884. The van der Waals surface area contributed by atoms with E-state index in [0.29, 0.717) is 17.2 Å². The second-order valence-electron chi connectivity index (χ2n) is 5.94. The number of benzene rings is 1. The molecule has 1 aliphatic rings. The van der Waals surface area contributed by atoms with E-state index in [9.17, 15) is 9.90 Å². The van der Waals surface area contributed by atoms with E-state index in [1.807, 2.05) is 26.0 Å². The molecule has 0 amide bonds. The van der Waals surface area contributed by atoms with Crippen molar-refractivity contribution in [2.75, 3.05) is 0 Å². The lowest BCUT2D eigenvalue weighted by Crippen LogP contribution is -2.17. The molecule has 0 saturated heterocycles.